The molecule has 0 saturated heterocycles. The second-order valence-corrected chi connectivity index (χ2v) is 16.0. The Kier molecular flexibility index (Phi) is 12.7. The smallest absolute Gasteiger partial charge is 0.205 e. The summed E-state index contributed by atoms with van der Waals surface area (Å²) in [6.45, 7) is 12.2. The third-order valence-corrected chi connectivity index (χ3v) is 10.7. The number of ether oxygens (including phenoxy) is 3. The zero-order chi connectivity index (χ0) is 45.4. The molecular formula is C49H40F8O5. The predicted molar refractivity (Wildman–Crippen MR) is 217 cm³/mol. The van der Waals surface area contributed by atoms with Crippen LogP contribution in [-0.4, -0.2) is 17.7 Å². The van der Waals surface area contributed by atoms with Gasteiger partial charge in [-0.25, -0.2) is 26.3 Å². The Balaban J connectivity index is 1.15. The summed E-state index contributed by atoms with van der Waals surface area (Å²) < 4.78 is 138. The molecule has 0 saturated carbocycles. The summed E-state index contributed by atoms with van der Waals surface area (Å²) in [6, 6.07) is 22.7. The van der Waals surface area contributed by atoms with E-state index in [4.69, 9.17) is 14.2 Å². The fraction of sp³-hybridized carbons (Fsp3) is 0.224. The van der Waals surface area contributed by atoms with Crippen molar-refractivity contribution in [2.24, 2.45) is 0 Å². The van der Waals surface area contributed by atoms with E-state index in [1.54, 1.807) is 19.1 Å². The average Bonchev–Trinajstić information content (AvgIpc) is 3.24. The maximum absolute atomic E-state index is 15.4. The monoisotopic (exact) mass is 860 g/mol. The van der Waals surface area contributed by atoms with Gasteiger partial charge in [0.2, 0.25) is 17.4 Å². The van der Waals surface area contributed by atoms with E-state index in [9.17, 15) is 18.4 Å². The lowest BCUT2D eigenvalue weighted by Crippen LogP contribution is -2.24. The molecule has 0 aliphatic carbocycles. The van der Waals surface area contributed by atoms with Crippen molar-refractivity contribution in [1.29, 1.82) is 0 Å². The summed E-state index contributed by atoms with van der Waals surface area (Å²) in [7, 11) is 0. The fourth-order valence-electron chi connectivity index (χ4n) is 6.72. The third kappa shape index (κ3) is 8.66. The molecule has 6 aromatic rings. The highest BCUT2D eigenvalue weighted by Crippen LogP contribution is 2.39. The van der Waals surface area contributed by atoms with Gasteiger partial charge in [0.25, 0.3) is 0 Å². The Morgan fingerprint density at radius 1 is 0.484 bits per heavy atom. The first kappa shape index (κ1) is 45.0. The minimum absolute atomic E-state index is 0.00440. The van der Waals surface area contributed by atoms with Crippen molar-refractivity contribution in [2.45, 2.75) is 71.8 Å². The Bertz CT molecular complexity index is 2600. The van der Waals surface area contributed by atoms with Gasteiger partial charge in [-0.05, 0) is 110 Å². The van der Waals surface area contributed by atoms with E-state index in [2.05, 4.69) is 0 Å². The summed E-state index contributed by atoms with van der Waals surface area (Å²) >= 11 is 0. The molecule has 6 rings (SSSR count). The molecular weight excluding hydrogens is 821 g/mol. The molecule has 0 aliphatic rings. The Hall–Kier alpha value is -6.50. The molecule has 0 unspecified atom stereocenters. The van der Waals surface area contributed by atoms with Gasteiger partial charge >= 0.3 is 0 Å². The summed E-state index contributed by atoms with van der Waals surface area (Å²) in [5.41, 5.74) is -4.47. The summed E-state index contributed by atoms with van der Waals surface area (Å²) in [6.07, 6.45) is 0.155. The van der Waals surface area contributed by atoms with Crippen LogP contribution in [0.5, 0.6) is 28.7 Å². The SMILES string of the molecule is CCC(C)(C)c1c(F)c(F)c(C(=O)c2ccc(Oc3ccc(C(=O)c4c(F)c(F)c(Oc5ccc(C(C)(C)c6ccc(OC(C)C)cc6)cc5)c(F)c4F)cc3)cc2)c(F)c1F. The van der Waals surface area contributed by atoms with Crippen LogP contribution >= 0.6 is 0 Å². The number of benzene rings is 6. The molecule has 62 heavy (non-hydrogen) atoms. The van der Waals surface area contributed by atoms with Gasteiger partial charge in [-0.2, -0.15) is 8.78 Å². The second-order valence-electron chi connectivity index (χ2n) is 16.0. The number of carbonyl (C=O) groups excluding carboxylic acids is 2. The first-order valence-electron chi connectivity index (χ1n) is 19.4. The summed E-state index contributed by atoms with van der Waals surface area (Å²) in [5, 5.41) is 0. The number of halogens is 8. The Morgan fingerprint density at radius 3 is 1.19 bits per heavy atom. The van der Waals surface area contributed by atoms with Crippen molar-refractivity contribution in [2.75, 3.05) is 0 Å². The van der Waals surface area contributed by atoms with Crippen molar-refractivity contribution in [3.63, 3.8) is 0 Å². The van der Waals surface area contributed by atoms with Gasteiger partial charge in [0.1, 0.15) is 34.1 Å². The second kappa shape index (κ2) is 17.5. The minimum atomic E-state index is -1.98. The van der Waals surface area contributed by atoms with Crippen LogP contribution < -0.4 is 14.2 Å². The number of carbonyl (C=O) groups is 2. The molecule has 0 heterocycles. The van der Waals surface area contributed by atoms with Gasteiger partial charge in [-0.1, -0.05) is 58.9 Å². The number of rotatable bonds is 14. The summed E-state index contributed by atoms with van der Waals surface area (Å²) in [5.74, 6) is -18.2. The molecule has 5 nitrogen and oxygen atoms in total. The van der Waals surface area contributed by atoms with Gasteiger partial charge in [-0.3, -0.25) is 9.59 Å². The zero-order valence-corrected chi connectivity index (χ0v) is 34.6. The van der Waals surface area contributed by atoms with Crippen molar-refractivity contribution in [3.05, 3.63) is 183 Å². The van der Waals surface area contributed by atoms with Crippen molar-refractivity contribution in [3.8, 4) is 28.7 Å². The Morgan fingerprint density at radius 2 is 0.823 bits per heavy atom. The van der Waals surface area contributed by atoms with Gasteiger partial charge < -0.3 is 14.2 Å². The van der Waals surface area contributed by atoms with E-state index in [1.165, 1.54) is 50.2 Å². The standard InChI is InChI=1S/C49H40F8O5/c1-8-48(4,5)36-41(54)37(50)34(38(51)42(36)55)45(58)26-9-17-31(18-10-26)61-32-19-11-27(12-20-32)46(59)35-39(52)43(56)47(44(57)40(35)53)62-33-23-15-29(16-24-33)49(6,7)28-13-21-30(22-14-28)60-25(2)3/h9-25H,8H2,1-7H3. The molecule has 0 aliphatic heterocycles. The number of ketones is 2. The van der Waals surface area contributed by atoms with E-state index >= 15 is 26.3 Å². The molecule has 0 fully saturated rings. The van der Waals surface area contributed by atoms with Crippen LogP contribution in [0.1, 0.15) is 103 Å². The van der Waals surface area contributed by atoms with Crippen LogP contribution in [-0.2, 0) is 10.8 Å². The third-order valence-electron chi connectivity index (χ3n) is 10.7. The van der Waals surface area contributed by atoms with Crippen molar-refractivity contribution < 1.29 is 58.9 Å². The quantitative estimate of drug-likeness (QED) is 0.0620. The summed E-state index contributed by atoms with van der Waals surface area (Å²) in [4.78, 5) is 26.2. The fourth-order valence-corrected chi connectivity index (χ4v) is 6.72. The molecule has 0 atom stereocenters. The highest BCUT2D eigenvalue weighted by Gasteiger charge is 2.36. The lowest BCUT2D eigenvalue weighted by molar-refractivity contribution is 0.102. The van der Waals surface area contributed by atoms with Gasteiger partial charge in [0, 0.05) is 22.1 Å². The maximum atomic E-state index is 15.4. The van der Waals surface area contributed by atoms with Crippen LogP contribution in [0.4, 0.5) is 35.1 Å². The topological polar surface area (TPSA) is 61.8 Å². The largest absolute Gasteiger partial charge is 0.491 e. The van der Waals surface area contributed by atoms with E-state index in [-0.39, 0.29) is 40.9 Å². The molecule has 0 radical (unpaired) electrons. The normalized spacial score (nSPS) is 11.8. The molecule has 322 valence electrons. The first-order valence-corrected chi connectivity index (χ1v) is 19.4. The Labute approximate surface area is 352 Å². The van der Waals surface area contributed by atoms with Gasteiger partial charge in [0.05, 0.1) is 6.10 Å². The lowest BCUT2D eigenvalue weighted by atomic mass is 9.78. The molecule has 6 aromatic carbocycles. The molecule has 0 amide bonds. The van der Waals surface area contributed by atoms with E-state index < -0.39 is 91.4 Å². The molecule has 13 heteroatoms. The highest BCUT2D eigenvalue weighted by atomic mass is 19.2. The maximum Gasteiger partial charge on any atom is 0.205 e. The van der Waals surface area contributed by atoms with E-state index in [1.807, 2.05) is 52.0 Å². The van der Waals surface area contributed by atoms with Crippen molar-refractivity contribution >= 4 is 11.6 Å². The van der Waals surface area contributed by atoms with E-state index in [0.29, 0.717) is 5.75 Å². The molecule has 0 aromatic heterocycles. The lowest BCUT2D eigenvalue weighted by Gasteiger charge is -2.26. The number of hydrogen-bond donors (Lipinski definition) is 0. The zero-order valence-electron chi connectivity index (χ0n) is 34.6. The predicted octanol–water partition coefficient (Wildman–Crippen LogP) is 13.6. The number of hydrogen-bond acceptors (Lipinski definition) is 5. The minimum Gasteiger partial charge on any atom is -0.491 e. The van der Waals surface area contributed by atoms with Crippen LogP contribution in [0, 0.1) is 46.5 Å². The first-order chi connectivity index (χ1) is 29.2. The van der Waals surface area contributed by atoms with Crippen LogP contribution in [0.3, 0.4) is 0 Å². The van der Waals surface area contributed by atoms with E-state index in [0.717, 1.165) is 35.4 Å². The average molecular weight is 861 g/mol. The van der Waals surface area contributed by atoms with Gasteiger partial charge in [-0.15, -0.1) is 0 Å². The molecule has 0 spiro atoms. The van der Waals surface area contributed by atoms with Crippen LogP contribution in [0.15, 0.2) is 97.1 Å². The highest BCUT2D eigenvalue weighted by molar-refractivity contribution is 6.10. The van der Waals surface area contributed by atoms with Crippen LogP contribution in [0.25, 0.3) is 0 Å². The van der Waals surface area contributed by atoms with Crippen LogP contribution in [0.2, 0.25) is 0 Å². The van der Waals surface area contributed by atoms with Gasteiger partial charge in [0.15, 0.2) is 46.5 Å². The van der Waals surface area contributed by atoms with Crippen molar-refractivity contribution in [1.82, 2.24) is 0 Å². The molecule has 0 bridgehead atoms. The molecule has 0 N–H and O–H groups in total.